The predicted octanol–water partition coefficient (Wildman–Crippen LogP) is 3.48. The number of nitro benzene ring substituents is 1. The molecule has 1 fully saturated rings. The molecule has 7 nitrogen and oxygen atoms in total. The van der Waals surface area contributed by atoms with Gasteiger partial charge in [0.05, 0.1) is 28.3 Å². The topological polar surface area (TPSA) is 80.5 Å². The minimum atomic E-state index is -0.467. The molecule has 0 spiro atoms. The van der Waals surface area contributed by atoms with Gasteiger partial charge in [-0.1, -0.05) is 17.7 Å². The first-order valence-electron chi connectivity index (χ1n) is 8.02. The number of hydrogen-bond acceptors (Lipinski definition) is 6. The second-order valence-electron chi connectivity index (χ2n) is 5.93. The molecule has 2 heterocycles. The van der Waals surface area contributed by atoms with E-state index in [4.69, 9.17) is 16.3 Å². The predicted molar refractivity (Wildman–Crippen MR) is 97.3 cm³/mol. The number of anilines is 2. The molecule has 3 rings (SSSR count). The molecule has 1 N–H and O–H groups in total. The van der Waals surface area contributed by atoms with Crippen LogP contribution in [0.3, 0.4) is 0 Å². The molecule has 132 valence electrons. The highest BCUT2D eigenvalue weighted by Gasteiger charge is 2.17. The molecule has 1 aromatic carbocycles. The lowest BCUT2D eigenvalue weighted by atomic mass is 10.2. The van der Waals surface area contributed by atoms with Gasteiger partial charge in [-0.25, -0.2) is 4.98 Å². The average molecular weight is 363 g/mol. The highest BCUT2D eigenvalue weighted by molar-refractivity contribution is 6.33. The van der Waals surface area contributed by atoms with E-state index in [1.807, 2.05) is 18.3 Å². The summed E-state index contributed by atoms with van der Waals surface area (Å²) in [5.41, 5.74) is 1.62. The van der Waals surface area contributed by atoms with Crippen LogP contribution in [0.1, 0.15) is 12.5 Å². The Kier molecular flexibility index (Phi) is 5.35. The molecular weight excluding hydrogens is 344 g/mol. The van der Waals surface area contributed by atoms with Crippen molar-refractivity contribution in [3.05, 3.63) is 57.2 Å². The zero-order valence-corrected chi connectivity index (χ0v) is 14.6. The number of nitro groups is 1. The van der Waals surface area contributed by atoms with Crippen LogP contribution in [0.15, 0.2) is 36.5 Å². The van der Waals surface area contributed by atoms with Crippen LogP contribution in [-0.2, 0) is 11.3 Å². The van der Waals surface area contributed by atoms with Gasteiger partial charge >= 0.3 is 0 Å². The van der Waals surface area contributed by atoms with E-state index in [1.165, 1.54) is 12.1 Å². The summed E-state index contributed by atoms with van der Waals surface area (Å²) in [6.45, 7) is 4.98. The molecule has 0 radical (unpaired) electrons. The smallest absolute Gasteiger partial charge is 0.271 e. The first-order chi connectivity index (χ1) is 12.0. The van der Waals surface area contributed by atoms with Crippen LogP contribution < -0.4 is 10.2 Å². The Balaban J connectivity index is 1.61. The van der Waals surface area contributed by atoms with Gasteiger partial charge in [0, 0.05) is 38.0 Å². The van der Waals surface area contributed by atoms with Crippen LogP contribution in [0.2, 0.25) is 5.02 Å². The molecule has 0 saturated carbocycles. The van der Waals surface area contributed by atoms with Crippen molar-refractivity contribution in [1.82, 2.24) is 4.98 Å². The molecule has 1 atom stereocenters. The van der Waals surface area contributed by atoms with E-state index < -0.39 is 4.92 Å². The van der Waals surface area contributed by atoms with Gasteiger partial charge in [0.15, 0.2) is 0 Å². The third-order valence-electron chi connectivity index (χ3n) is 4.02. The number of non-ortho nitro benzene ring substituents is 1. The maximum Gasteiger partial charge on any atom is 0.271 e. The molecule has 2 aromatic rings. The zero-order chi connectivity index (χ0) is 17.8. The Hall–Kier alpha value is -2.38. The lowest BCUT2D eigenvalue weighted by Crippen LogP contribution is -2.41. The van der Waals surface area contributed by atoms with Gasteiger partial charge in [0.2, 0.25) is 0 Å². The lowest BCUT2D eigenvalue weighted by Gasteiger charge is -2.32. The Morgan fingerprint density at radius 1 is 1.44 bits per heavy atom. The van der Waals surface area contributed by atoms with Gasteiger partial charge in [-0.05, 0) is 24.6 Å². The van der Waals surface area contributed by atoms with E-state index in [0.717, 1.165) is 24.5 Å². The highest BCUT2D eigenvalue weighted by Crippen LogP contribution is 2.27. The molecule has 1 aromatic heterocycles. The number of morpholine rings is 1. The number of halogens is 1. The minimum absolute atomic E-state index is 0.0266. The normalized spacial score (nSPS) is 17.4. The second-order valence-corrected chi connectivity index (χ2v) is 6.33. The molecule has 1 aliphatic heterocycles. The monoisotopic (exact) mass is 362 g/mol. The molecule has 0 amide bonds. The van der Waals surface area contributed by atoms with Crippen molar-refractivity contribution in [2.45, 2.75) is 19.6 Å². The van der Waals surface area contributed by atoms with Crippen LogP contribution in [-0.4, -0.2) is 35.7 Å². The highest BCUT2D eigenvalue weighted by atomic mass is 35.5. The summed E-state index contributed by atoms with van der Waals surface area (Å²) in [7, 11) is 0. The van der Waals surface area contributed by atoms with Crippen molar-refractivity contribution in [2.75, 3.05) is 29.9 Å². The van der Waals surface area contributed by atoms with E-state index in [-0.39, 0.29) is 11.8 Å². The van der Waals surface area contributed by atoms with Gasteiger partial charge < -0.3 is 15.0 Å². The zero-order valence-electron chi connectivity index (χ0n) is 13.8. The second kappa shape index (κ2) is 7.67. The maximum absolute atomic E-state index is 10.7. The molecule has 25 heavy (non-hydrogen) atoms. The Morgan fingerprint density at radius 2 is 2.28 bits per heavy atom. The number of rotatable bonds is 5. The number of nitrogens with zero attached hydrogens (tertiary/aromatic N) is 3. The fourth-order valence-electron chi connectivity index (χ4n) is 2.69. The summed E-state index contributed by atoms with van der Waals surface area (Å²) in [6, 6.07) is 8.37. The van der Waals surface area contributed by atoms with Crippen LogP contribution in [0.5, 0.6) is 0 Å². The maximum atomic E-state index is 10.7. The number of aromatic nitrogens is 1. The Labute approximate surface area is 150 Å². The van der Waals surface area contributed by atoms with Gasteiger partial charge in [0.25, 0.3) is 5.69 Å². The quantitative estimate of drug-likeness (QED) is 0.647. The number of pyridine rings is 1. The van der Waals surface area contributed by atoms with E-state index in [0.29, 0.717) is 23.9 Å². The number of nitrogens with one attached hydrogen (secondary N) is 1. The molecule has 1 aliphatic rings. The van der Waals surface area contributed by atoms with E-state index >= 15 is 0 Å². The molecule has 1 unspecified atom stereocenters. The number of ether oxygens (including phenoxy) is 1. The Morgan fingerprint density at radius 3 is 2.92 bits per heavy atom. The molecular formula is C17H19ClN4O3. The summed E-state index contributed by atoms with van der Waals surface area (Å²) >= 11 is 6.08. The summed E-state index contributed by atoms with van der Waals surface area (Å²) < 4.78 is 5.54. The van der Waals surface area contributed by atoms with Crippen molar-refractivity contribution in [3.8, 4) is 0 Å². The summed E-state index contributed by atoms with van der Waals surface area (Å²) in [5.74, 6) is 0.937. The summed E-state index contributed by atoms with van der Waals surface area (Å²) in [4.78, 5) is 17.0. The van der Waals surface area contributed by atoms with Crippen LogP contribution in [0.25, 0.3) is 0 Å². The van der Waals surface area contributed by atoms with Crippen molar-refractivity contribution in [3.63, 3.8) is 0 Å². The van der Waals surface area contributed by atoms with E-state index in [1.54, 1.807) is 6.07 Å². The van der Waals surface area contributed by atoms with Crippen LogP contribution >= 0.6 is 11.6 Å². The fourth-order valence-corrected chi connectivity index (χ4v) is 2.93. The fraction of sp³-hybridized carbons (Fsp3) is 0.353. The van der Waals surface area contributed by atoms with Gasteiger partial charge in [0.1, 0.15) is 5.82 Å². The van der Waals surface area contributed by atoms with Crippen LogP contribution in [0, 0.1) is 10.1 Å². The minimum Gasteiger partial charge on any atom is -0.380 e. The Bertz CT molecular complexity index is 754. The van der Waals surface area contributed by atoms with Crippen molar-refractivity contribution >= 4 is 28.8 Å². The van der Waals surface area contributed by atoms with Gasteiger partial charge in [-0.2, -0.15) is 0 Å². The van der Waals surface area contributed by atoms with Crippen molar-refractivity contribution in [1.29, 1.82) is 0 Å². The van der Waals surface area contributed by atoms with E-state index in [9.17, 15) is 10.1 Å². The lowest BCUT2D eigenvalue weighted by molar-refractivity contribution is -0.384. The van der Waals surface area contributed by atoms with Crippen molar-refractivity contribution < 1.29 is 9.66 Å². The molecule has 1 saturated heterocycles. The first-order valence-corrected chi connectivity index (χ1v) is 8.40. The largest absolute Gasteiger partial charge is 0.380 e. The van der Waals surface area contributed by atoms with E-state index in [2.05, 4.69) is 22.1 Å². The number of hydrogen-bond donors (Lipinski definition) is 1. The standard InChI is InChI=1S/C17H19ClN4O3/c1-12-11-21(6-7-25-12)17-5-2-13(10-20-17)9-19-16-4-3-14(22(23)24)8-15(16)18/h2-5,8,10,12,19H,6-7,9,11H2,1H3. The third-order valence-corrected chi connectivity index (χ3v) is 4.33. The third kappa shape index (κ3) is 4.37. The van der Waals surface area contributed by atoms with Crippen molar-refractivity contribution in [2.24, 2.45) is 0 Å². The summed E-state index contributed by atoms with van der Waals surface area (Å²) in [6.07, 6.45) is 2.03. The SMILES string of the molecule is CC1CN(c2ccc(CNc3ccc([N+](=O)[O-])cc3Cl)cn2)CCO1. The number of benzene rings is 1. The van der Waals surface area contributed by atoms with Gasteiger partial charge in [-0.15, -0.1) is 0 Å². The molecule has 0 bridgehead atoms. The summed E-state index contributed by atoms with van der Waals surface area (Å²) in [5, 5.41) is 14.2. The molecule has 0 aliphatic carbocycles. The van der Waals surface area contributed by atoms with Crippen LogP contribution in [0.4, 0.5) is 17.2 Å². The molecule has 8 heteroatoms. The van der Waals surface area contributed by atoms with Gasteiger partial charge in [-0.3, -0.25) is 10.1 Å². The average Bonchev–Trinajstić information content (AvgIpc) is 2.61. The first kappa shape index (κ1) is 17.4.